The van der Waals surface area contributed by atoms with Gasteiger partial charge in [0.05, 0.1) is 23.3 Å². The van der Waals surface area contributed by atoms with Crippen LogP contribution in [0.5, 0.6) is 0 Å². The Hall–Kier alpha value is -4.21. The molecule has 1 N–H and O–H groups in total. The number of para-hydroxylation sites is 1. The second-order valence-corrected chi connectivity index (χ2v) is 8.85. The maximum Gasteiger partial charge on any atom is 0.289 e. The Kier molecular flexibility index (Phi) is 5.94. The van der Waals surface area contributed by atoms with Crippen molar-refractivity contribution in [2.24, 2.45) is 5.92 Å². The van der Waals surface area contributed by atoms with Gasteiger partial charge in [0.15, 0.2) is 17.0 Å². The second kappa shape index (κ2) is 9.21. The summed E-state index contributed by atoms with van der Waals surface area (Å²) in [6, 6.07) is 9.34. The summed E-state index contributed by atoms with van der Waals surface area (Å²) in [6.45, 7) is 5.23. The van der Waals surface area contributed by atoms with Crippen molar-refractivity contribution in [3.05, 3.63) is 82.1 Å². The monoisotopic (exact) mass is 475 g/mol. The van der Waals surface area contributed by atoms with Crippen LogP contribution in [0.1, 0.15) is 52.5 Å². The lowest BCUT2D eigenvalue weighted by Crippen LogP contribution is -2.35. The number of aromatic nitrogens is 3. The van der Waals surface area contributed by atoms with Crippen LogP contribution in [0, 0.1) is 5.92 Å². The molecule has 0 fully saturated rings. The van der Waals surface area contributed by atoms with Crippen LogP contribution in [-0.2, 0) is 13.0 Å². The smallest absolute Gasteiger partial charge is 0.289 e. The molecule has 1 aliphatic heterocycles. The van der Waals surface area contributed by atoms with Gasteiger partial charge in [-0.05, 0) is 24.1 Å². The molecular formula is C25H25N5O5. The molecule has 0 spiro atoms. The minimum atomic E-state index is -0.376. The summed E-state index contributed by atoms with van der Waals surface area (Å²) in [6.07, 6.45) is 3.33. The summed E-state index contributed by atoms with van der Waals surface area (Å²) in [5, 5.41) is 12.2. The fourth-order valence-electron chi connectivity index (χ4n) is 4.29. The van der Waals surface area contributed by atoms with Gasteiger partial charge in [0.1, 0.15) is 17.7 Å². The number of nitrogens with zero attached hydrogens (tertiary/aromatic N) is 4. The van der Waals surface area contributed by atoms with Gasteiger partial charge in [0, 0.05) is 32.1 Å². The Bertz CT molecular complexity index is 1440. The highest BCUT2D eigenvalue weighted by Crippen LogP contribution is 2.24. The Labute approximate surface area is 200 Å². The third-order valence-corrected chi connectivity index (χ3v) is 6.20. The summed E-state index contributed by atoms with van der Waals surface area (Å²) in [4.78, 5) is 40.0. The standard InChI is InChI=1S/C25H25N5O5/c1-15(2)22(26-24(32)16-8-12-34-14-16)23-28-27-21-7-9-29(10-11-30(21)23)25(33)20-13-18(31)17-5-3-4-6-19(17)35-20/h3-6,8,12-15,22H,7,9-11H2,1-2H3,(H,26,32)/t22-/m1/s1. The Morgan fingerprint density at radius 3 is 2.69 bits per heavy atom. The fraction of sp³-hybridized carbons (Fsp3) is 0.320. The number of amides is 2. The van der Waals surface area contributed by atoms with E-state index in [4.69, 9.17) is 8.83 Å². The minimum Gasteiger partial charge on any atom is -0.472 e. The van der Waals surface area contributed by atoms with E-state index in [1.54, 1.807) is 35.2 Å². The lowest BCUT2D eigenvalue weighted by Gasteiger charge is -2.23. The van der Waals surface area contributed by atoms with Crippen molar-refractivity contribution >= 4 is 22.8 Å². The van der Waals surface area contributed by atoms with Crippen molar-refractivity contribution in [2.45, 2.75) is 32.9 Å². The minimum absolute atomic E-state index is 0.0130. The van der Waals surface area contributed by atoms with Gasteiger partial charge in [-0.15, -0.1) is 10.2 Å². The first kappa shape index (κ1) is 22.6. The molecule has 5 rings (SSSR count). The second-order valence-electron chi connectivity index (χ2n) is 8.85. The number of nitrogens with one attached hydrogen (secondary N) is 1. The number of hydrogen-bond donors (Lipinski definition) is 1. The topological polar surface area (TPSA) is 123 Å². The molecule has 1 aromatic carbocycles. The van der Waals surface area contributed by atoms with Crippen LogP contribution < -0.4 is 10.7 Å². The van der Waals surface area contributed by atoms with Gasteiger partial charge >= 0.3 is 0 Å². The van der Waals surface area contributed by atoms with Crippen molar-refractivity contribution in [1.82, 2.24) is 25.0 Å². The highest BCUT2D eigenvalue weighted by atomic mass is 16.3. The summed E-state index contributed by atoms with van der Waals surface area (Å²) < 4.78 is 12.7. The zero-order valence-corrected chi connectivity index (χ0v) is 19.4. The summed E-state index contributed by atoms with van der Waals surface area (Å²) in [5.74, 6) is 0.830. The molecule has 2 amide bonds. The van der Waals surface area contributed by atoms with Crippen LogP contribution >= 0.6 is 0 Å². The van der Waals surface area contributed by atoms with E-state index in [-0.39, 0.29) is 35.0 Å². The number of fused-ring (bicyclic) bond motifs is 2. The van der Waals surface area contributed by atoms with Gasteiger partial charge in [-0.25, -0.2) is 0 Å². The van der Waals surface area contributed by atoms with Crippen molar-refractivity contribution in [3.8, 4) is 0 Å². The highest BCUT2D eigenvalue weighted by molar-refractivity contribution is 5.94. The van der Waals surface area contributed by atoms with Gasteiger partial charge in [-0.3, -0.25) is 14.4 Å². The largest absolute Gasteiger partial charge is 0.472 e. The molecule has 10 nitrogen and oxygen atoms in total. The number of benzene rings is 1. The molecule has 4 heterocycles. The van der Waals surface area contributed by atoms with Crippen molar-refractivity contribution in [1.29, 1.82) is 0 Å². The molecule has 0 aliphatic carbocycles. The Morgan fingerprint density at radius 1 is 1.09 bits per heavy atom. The molecular weight excluding hydrogens is 450 g/mol. The van der Waals surface area contributed by atoms with Crippen LogP contribution in [0.3, 0.4) is 0 Å². The normalized spacial score (nSPS) is 14.5. The molecule has 1 aliphatic rings. The first-order valence-corrected chi connectivity index (χ1v) is 11.5. The molecule has 0 radical (unpaired) electrons. The van der Waals surface area contributed by atoms with E-state index in [9.17, 15) is 14.4 Å². The van der Waals surface area contributed by atoms with Crippen molar-refractivity contribution in [3.63, 3.8) is 0 Å². The predicted molar refractivity (Wildman–Crippen MR) is 126 cm³/mol. The van der Waals surface area contributed by atoms with Gasteiger partial charge in [0.2, 0.25) is 0 Å². The predicted octanol–water partition coefficient (Wildman–Crippen LogP) is 2.80. The van der Waals surface area contributed by atoms with E-state index in [0.29, 0.717) is 48.4 Å². The van der Waals surface area contributed by atoms with Gasteiger partial charge in [0.25, 0.3) is 11.8 Å². The third-order valence-electron chi connectivity index (χ3n) is 6.20. The average Bonchev–Trinajstić information content (AvgIpc) is 3.48. The molecule has 180 valence electrons. The number of carbonyl (C=O) groups is 2. The van der Waals surface area contributed by atoms with Gasteiger partial charge in [-0.1, -0.05) is 26.0 Å². The fourth-order valence-corrected chi connectivity index (χ4v) is 4.29. The summed E-state index contributed by atoms with van der Waals surface area (Å²) >= 11 is 0. The summed E-state index contributed by atoms with van der Waals surface area (Å²) in [5.41, 5.74) is 0.559. The summed E-state index contributed by atoms with van der Waals surface area (Å²) in [7, 11) is 0. The molecule has 0 saturated carbocycles. The maximum atomic E-state index is 13.2. The van der Waals surface area contributed by atoms with E-state index >= 15 is 0 Å². The molecule has 10 heteroatoms. The lowest BCUT2D eigenvalue weighted by molar-refractivity contribution is 0.0727. The van der Waals surface area contributed by atoms with Crippen molar-refractivity contribution in [2.75, 3.05) is 13.1 Å². The zero-order valence-electron chi connectivity index (χ0n) is 19.4. The van der Waals surface area contributed by atoms with Gasteiger partial charge in [-0.2, -0.15) is 0 Å². The zero-order chi connectivity index (χ0) is 24.5. The Balaban J connectivity index is 1.36. The lowest BCUT2D eigenvalue weighted by atomic mass is 10.0. The van der Waals surface area contributed by atoms with Crippen LogP contribution in [0.15, 0.2) is 62.6 Å². The molecule has 0 unspecified atom stereocenters. The van der Waals surface area contributed by atoms with E-state index in [1.165, 1.54) is 18.6 Å². The number of rotatable bonds is 5. The van der Waals surface area contributed by atoms with E-state index in [2.05, 4.69) is 15.5 Å². The number of carbonyl (C=O) groups excluding carboxylic acids is 2. The van der Waals surface area contributed by atoms with Crippen LogP contribution in [0.2, 0.25) is 0 Å². The van der Waals surface area contributed by atoms with E-state index in [1.807, 2.05) is 18.4 Å². The first-order valence-electron chi connectivity index (χ1n) is 11.5. The van der Waals surface area contributed by atoms with Gasteiger partial charge < -0.3 is 23.6 Å². The van der Waals surface area contributed by atoms with E-state index in [0.717, 1.165) is 5.82 Å². The molecule has 4 aromatic rings. The Morgan fingerprint density at radius 2 is 1.91 bits per heavy atom. The third kappa shape index (κ3) is 4.34. The van der Waals surface area contributed by atoms with Crippen LogP contribution in [0.4, 0.5) is 0 Å². The molecule has 0 bridgehead atoms. The molecule has 35 heavy (non-hydrogen) atoms. The average molecular weight is 476 g/mol. The number of furan rings is 1. The molecule has 0 saturated heterocycles. The van der Waals surface area contributed by atoms with Crippen LogP contribution in [-0.4, -0.2) is 44.6 Å². The van der Waals surface area contributed by atoms with Crippen LogP contribution in [0.25, 0.3) is 11.0 Å². The quantitative estimate of drug-likeness (QED) is 0.471. The SMILES string of the molecule is CC(C)[C@@H](NC(=O)c1ccoc1)c1nnc2n1CCN(C(=O)c1cc(=O)c3ccccc3o1)CC2. The highest BCUT2D eigenvalue weighted by Gasteiger charge is 2.29. The molecule has 1 atom stereocenters. The maximum absolute atomic E-state index is 13.2. The van der Waals surface area contributed by atoms with E-state index < -0.39 is 0 Å². The van der Waals surface area contributed by atoms with Crippen molar-refractivity contribution < 1.29 is 18.4 Å². The molecule has 3 aromatic heterocycles. The number of hydrogen-bond acceptors (Lipinski definition) is 7. The first-order chi connectivity index (χ1) is 16.9.